The molecule has 1 aromatic rings. The summed E-state index contributed by atoms with van der Waals surface area (Å²) in [5.41, 5.74) is 0. The first-order chi connectivity index (χ1) is 9.81. The minimum absolute atomic E-state index is 0.0763. The van der Waals surface area contributed by atoms with Gasteiger partial charge in [0.25, 0.3) is 0 Å². The van der Waals surface area contributed by atoms with E-state index in [0.29, 0.717) is 0 Å². The molecule has 1 saturated heterocycles. The molecule has 1 aromatic heterocycles. The first-order valence-corrected chi connectivity index (χ1v) is 7.60. The van der Waals surface area contributed by atoms with E-state index in [1.165, 1.54) is 12.8 Å². The Kier molecular flexibility index (Phi) is 5.77. The zero-order valence-corrected chi connectivity index (χ0v) is 12.2. The lowest BCUT2D eigenvalue weighted by Gasteiger charge is -2.32. The summed E-state index contributed by atoms with van der Waals surface area (Å²) >= 11 is 0. The van der Waals surface area contributed by atoms with Crippen LogP contribution in [-0.4, -0.2) is 35.5 Å². The number of carbonyl (C=O) groups is 1. The molecule has 5 nitrogen and oxygen atoms in total. The maximum Gasteiger partial charge on any atom is 0.224 e. The lowest BCUT2D eigenvalue weighted by atomic mass is 9.97. The van der Waals surface area contributed by atoms with Gasteiger partial charge in [0.2, 0.25) is 5.91 Å². The number of unbranched alkanes of at least 4 members (excludes halogenated alkanes) is 2. The van der Waals surface area contributed by atoms with Crippen molar-refractivity contribution in [3.63, 3.8) is 0 Å². The number of aromatic nitrogens is 2. The summed E-state index contributed by atoms with van der Waals surface area (Å²) in [6.45, 7) is 4.67. The van der Waals surface area contributed by atoms with Crippen molar-refractivity contribution in [1.29, 1.82) is 0 Å². The van der Waals surface area contributed by atoms with Crippen LogP contribution in [0.15, 0.2) is 18.6 Å². The predicted molar refractivity (Wildman–Crippen MR) is 79.5 cm³/mol. The van der Waals surface area contributed by atoms with Crippen LogP contribution in [0.25, 0.3) is 0 Å². The summed E-state index contributed by atoms with van der Waals surface area (Å²) < 4.78 is 0. The van der Waals surface area contributed by atoms with Crippen molar-refractivity contribution in [3.05, 3.63) is 18.6 Å². The van der Waals surface area contributed by atoms with Crippen LogP contribution in [0, 0.1) is 5.92 Å². The van der Waals surface area contributed by atoms with Crippen LogP contribution in [0.4, 0.5) is 5.82 Å². The molecule has 1 fully saturated rings. The van der Waals surface area contributed by atoms with Gasteiger partial charge in [-0.15, -0.1) is 0 Å². The van der Waals surface area contributed by atoms with Crippen molar-refractivity contribution in [2.24, 2.45) is 5.92 Å². The fourth-order valence-corrected chi connectivity index (χ4v) is 2.58. The molecule has 110 valence electrons. The van der Waals surface area contributed by atoms with Gasteiger partial charge >= 0.3 is 0 Å². The number of amides is 1. The number of piperidine rings is 1. The van der Waals surface area contributed by atoms with Gasteiger partial charge in [-0.2, -0.15) is 0 Å². The SMILES string of the molecule is CCCCCNC(=O)[C@@H]1CCCN(c2cnccn2)C1. The molecule has 1 atom stereocenters. The fraction of sp³-hybridized carbons (Fsp3) is 0.667. The second kappa shape index (κ2) is 7.82. The van der Waals surface area contributed by atoms with Crippen molar-refractivity contribution in [3.8, 4) is 0 Å². The van der Waals surface area contributed by atoms with Crippen LogP contribution in [0.3, 0.4) is 0 Å². The van der Waals surface area contributed by atoms with E-state index in [2.05, 4.69) is 27.1 Å². The third-order valence-electron chi connectivity index (χ3n) is 3.75. The summed E-state index contributed by atoms with van der Waals surface area (Å²) in [5.74, 6) is 1.14. The highest BCUT2D eigenvalue weighted by molar-refractivity contribution is 5.79. The van der Waals surface area contributed by atoms with Gasteiger partial charge in [0, 0.05) is 32.0 Å². The molecule has 5 heteroatoms. The van der Waals surface area contributed by atoms with E-state index < -0.39 is 0 Å². The van der Waals surface area contributed by atoms with Crippen molar-refractivity contribution in [2.45, 2.75) is 39.0 Å². The largest absolute Gasteiger partial charge is 0.356 e. The maximum absolute atomic E-state index is 12.2. The number of nitrogens with zero attached hydrogens (tertiary/aromatic N) is 3. The van der Waals surface area contributed by atoms with Crippen LogP contribution in [0.5, 0.6) is 0 Å². The van der Waals surface area contributed by atoms with Gasteiger partial charge in [0.15, 0.2) is 0 Å². The monoisotopic (exact) mass is 276 g/mol. The highest BCUT2D eigenvalue weighted by Crippen LogP contribution is 2.20. The van der Waals surface area contributed by atoms with Crippen LogP contribution in [0.1, 0.15) is 39.0 Å². The van der Waals surface area contributed by atoms with Crippen molar-refractivity contribution in [1.82, 2.24) is 15.3 Å². The number of rotatable bonds is 6. The van der Waals surface area contributed by atoms with Crippen LogP contribution >= 0.6 is 0 Å². The summed E-state index contributed by atoms with van der Waals surface area (Å²) in [6.07, 6.45) is 10.6. The molecule has 1 aliphatic heterocycles. The normalized spacial score (nSPS) is 18.9. The van der Waals surface area contributed by atoms with Crippen LogP contribution in [0.2, 0.25) is 0 Å². The van der Waals surface area contributed by atoms with Crippen molar-refractivity contribution >= 4 is 11.7 Å². The average Bonchev–Trinajstić information content (AvgIpc) is 2.52. The Balaban J connectivity index is 1.82. The van der Waals surface area contributed by atoms with Crippen LogP contribution < -0.4 is 10.2 Å². The molecular formula is C15H24N4O. The van der Waals surface area contributed by atoms with Gasteiger partial charge in [0.05, 0.1) is 12.1 Å². The van der Waals surface area contributed by atoms with E-state index in [0.717, 1.165) is 44.7 Å². The topological polar surface area (TPSA) is 58.1 Å². The lowest BCUT2D eigenvalue weighted by molar-refractivity contribution is -0.125. The van der Waals surface area contributed by atoms with Gasteiger partial charge in [-0.05, 0) is 19.3 Å². The molecule has 0 bridgehead atoms. The average molecular weight is 276 g/mol. The Morgan fingerprint density at radius 2 is 2.35 bits per heavy atom. The molecule has 0 spiro atoms. The highest BCUT2D eigenvalue weighted by Gasteiger charge is 2.26. The minimum Gasteiger partial charge on any atom is -0.356 e. The quantitative estimate of drug-likeness (QED) is 0.807. The second-order valence-electron chi connectivity index (χ2n) is 5.35. The third kappa shape index (κ3) is 4.18. The molecule has 0 aliphatic carbocycles. The number of carbonyl (C=O) groups excluding carboxylic acids is 1. The standard InChI is InChI=1S/C15H24N4O/c1-2-3-4-7-18-15(20)13-6-5-10-19(12-13)14-11-16-8-9-17-14/h8-9,11,13H,2-7,10,12H2,1H3,(H,18,20)/t13-/m1/s1. The van der Waals surface area contributed by atoms with Gasteiger partial charge < -0.3 is 10.2 Å². The van der Waals surface area contributed by atoms with Gasteiger partial charge in [-0.3, -0.25) is 9.78 Å². The van der Waals surface area contributed by atoms with Gasteiger partial charge in [-0.1, -0.05) is 19.8 Å². The molecule has 2 rings (SSSR count). The van der Waals surface area contributed by atoms with Crippen molar-refractivity contribution in [2.75, 3.05) is 24.5 Å². The Morgan fingerprint density at radius 3 is 3.10 bits per heavy atom. The summed E-state index contributed by atoms with van der Waals surface area (Å²) in [7, 11) is 0. The van der Waals surface area contributed by atoms with Gasteiger partial charge in [-0.25, -0.2) is 4.98 Å². The molecule has 1 amide bonds. The Labute approximate surface area is 120 Å². The molecule has 1 aliphatic rings. The molecule has 0 radical (unpaired) electrons. The first-order valence-electron chi connectivity index (χ1n) is 7.60. The molecule has 0 aromatic carbocycles. The molecule has 2 heterocycles. The van der Waals surface area contributed by atoms with E-state index in [1.54, 1.807) is 18.6 Å². The number of hydrogen-bond acceptors (Lipinski definition) is 4. The lowest BCUT2D eigenvalue weighted by Crippen LogP contribution is -2.43. The fourth-order valence-electron chi connectivity index (χ4n) is 2.58. The van der Waals surface area contributed by atoms with Crippen molar-refractivity contribution < 1.29 is 4.79 Å². The first kappa shape index (κ1) is 14.8. The third-order valence-corrected chi connectivity index (χ3v) is 3.75. The zero-order chi connectivity index (χ0) is 14.2. The molecule has 0 unspecified atom stereocenters. The molecular weight excluding hydrogens is 252 g/mol. The van der Waals surface area contributed by atoms with E-state index in [1.807, 2.05) is 0 Å². The van der Waals surface area contributed by atoms with E-state index in [4.69, 9.17) is 0 Å². The molecule has 0 saturated carbocycles. The van der Waals surface area contributed by atoms with E-state index >= 15 is 0 Å². The smallest absolute Gasteiger partial charge is 0.224 e. The number of hydrogen-bond donors (Lipinski definition) is 1. The Hall–Kier alpha value is -1.65. The molecule has 20 heavy (non-hydrogen) atoms. The number of anilines is 1. The minimum atomic E-state index is 0.0763. The number of nitrogens with one attached hydrogen (secondary N) is 1. The van der Waals surface area contributed by atoms with Gasteiger partial charge in [0.1, 0.15) is 5.82 Å². The Morgan fingerprint density at radius 1 is 1.45 bits per heavy atom. The van der Waals surface area contributed by atoms with E-state index in [9.17, 15) is 4.79 Å². The van der Waals surface area contributed by atoms with Crippen LogP contribution in [-0.2, 0) is 4.79 Å². The second-order valence-corrected chi connectivity index (χ2v) is 5.35. The summed E-state index contributed by atoms with van der Waals surface area (Å²) in [5, 5.41) is 3.06. The zero-order valence-electron chi connectivity index (χ0n) is 12.2. The highest BCUT2D eigenvalue weighted by atomic mass is 16.1. The summed E-state index contributed by atoms with van der Waals surface area (Å²) in [4.78, 5) is 22.7. The maximum atomic E-state index is 12.2. The summed E-state index contributed by atoms with van der Waals surface area (Å²) in [6, 6.07) is 0. The molecule has 1 N–H and O–H groups in total. The van der Waals surface area contributed by atoms with E-state index in [-0.39, 0.29) is 11.8 Å². The predicted octanol–water partition coefficient (Wildman–Crippen LogP) is 2.00. The Bertz CT molecular complexity index is 410.